The summed E-state index contributed by atoms with van der Waals surface area (Å²) in [5, 5.41) is 3.58. The van der Waals surface area contributed by atoms with Crippen LogP contribution in [-0.2, 0) is 0 Å². The number of hydrogen-bond acceptors (Lipinski definition) is 2. The Kier molecular flexibility index (Phi) is 8.72. The van der Waals surface area contributed by atoms with Gasteiger partial charge in [-0.1, -0.05) is 32.6 Å². The van der Waals surface area contributed by atoms with E-state index < -0.39 is 0 Å². The van der Waals surface area contributed by atoms with Crippen molar-refractivity contribution in [3.63, 3.8) is 0 Å². The third-order valence-electron chi connectivity index (χ3n) is 3.90. The fourth-order valence-electron chi connectivity index (χ4n) is 2.64. The minimum absolute atomic E-state index is 0.861. The second-order valence-electron chi connectivity index (χ2n) is 5.71. The van der Waals surface area contributed by atoms with Crippen molar-refractivity contribution in [1.29, 1.82) is 0 Å². The molecule has 0 aromatic heterocycles. The first-order valence-corrected chi connectivity index (χ1v) is 7.77. The molecule has 0 bridgehead atoms. The number of rotatable bonds is 12. The molecule has 1 fully saturated rings. The molecule has 0 aromatic carbocycles. The van der Waals surface area contributed by atoms with Gasteiger partial charge >= 0.3 is 0 Å². The summed E-state index contributed by atoms with van der Waals surface area (Å²) in [7, 11) is 0. The van der Waals surface area contributed by atoms with E-state index in [4.69, 9.17) is 5.73 Å². The van der Waals surface area contributed by atoms with Gasteiger partial charge in [0.1, 0.15) is 0 Å². The monoisotopic (exact) mass is 240 g/mol. The van der Waals surface area contributed by atoms with E-state index in [-0.39, 0.29) is 0 Å². The van der Waals surface area contributed by atoms with Crippen molar-refractivity contribution < 1.29 is 0 Å². The van der Waals surface area contributed by atoms with E-state index in [0.717, 1.165) is 18.4 Å². The molecule has 0 aliphatic heterocycles. The van der Waals surface area contributed by atoms with Gasteiger partial charge in [-0.15, -0.1) is 0 Å². The lowest BCUT2D eigenvalue weighted by atomic mass is 9.94. The largest absolute Gasteiger partial charge is 0.330 e. The van der Waals surface area contributed by atoms with Gasteiger partial charge in [0, 0.05) is 0 Å². The van der Waals surface area contributed by atoms with Crippen LogP contribution in [0.25, 0.3) is 0 Å². The van der Waals surface area contributed by atoms with Crippen molar-refractivity contribution in [2.75, 3.05) is 19.6 Å². The third kappa shape index (κ3) is 8.62. The van der Waals surface area contributed by atoms with Gasteiger partial charge in [0.25, 0.3) is 0 Å². The first-order valence-electron chi connectivity index (χ1n) is 7.77. The van der Waals surface area contributed by atoms with Gasteiger partial charge in [-0.2, -0.15) is 0 Å². The average molecular weight is 240 g/mol. The van der Waals surface area contributed by atoms with Crippen LogP contribution in [0.2, 0.25) is 0 Å². The van der Waals surface area contributed by atoms with Crippen LogP contribution < -0.4 is 11.1 Å². The van der Waals surface area contributed by atoms with Crippen LogP contribution in [0.15, 0.2) is 0 Å². The molecule has 2 nitrogen and oxygen atoms in total. The van der Waals surface area contributed by atoms with Crippen molar-refractivity contribution in [2.24, 2.45) is 17.6 Å². The van der Waals surface area contributed by atoms with E-state index in [1.165, 1.54) is 70.9 Å². The minimum atomic E-state index is 0.861. The van der Waals surface area contributed by atoms with Crippen LogP contribution in [0.3, 0.4) is 0 Å². The van der Waals surface area contributed by atoms with Gasteiger partial charge in [-0.3, -0.25) is 0 Å². The lowest BCUT2D eigenvalue weighted by molar-refractivity contribution is 0.403. The molecule has 1 atom stereocenters. The first-order chi connectivity index (χ1) is 8.36. The predicted octanol–water partition coefficient (Wildman–Crippen LogP) is 3.31. The van der Waals surface area contributed by atoms with E-state index in [1.807, 2.05) is 0 Å². The van der Waals surface area contributed by atoms with E-state index in [0.29, 0.717) is 0 Å². The molecule has 0 saturated heterocycles. The summed E-state index contributed by atoms with van der Waals surface area (Å²) >= 11 is 0. The van der Waals surface area contributed by atoms with Gasteiger partial charge in [-0.05, 0) is 63.6 Å². The molecule has 3 N–H and O–H groups in total. The Bertz CT molecular complexity index is 160. The summed E-state index contributed by atoms with van der Waals surface area (Å²) < 4.78 is 0. The molecular formula is C15H32N2. The maximum Gasteiger partial charge on any atom is -0.00488 e. The SMILES string of the molecule is CCCC(CCN)CCCNCCCC1CC1. The number of hydrogen-bond donors (Lipinski definition) is 2. The fourth-order valence-corrected chi connectivity index (χ4v) is 2.64. The number of nitrogens with one attached hydrogen (secondary N) is 1. The van der Waals surface area contributed by atoms with E-state index in [1.54, 1.807) is 0 Å². The molecule has 1 aliphatic carbocycles. The highest BCUT2D eigenvalue weighted by Gasteiger charge is 2.19. The standard InChI is InChI=1S/C15H32N2/c1-2-5-14(10-11-16)6-3-12-17-13-4-7-15-8-9-15/h14-15,17H,2-13,16H2,1H3. The second-order valence-corrected chi connectivity index (χ2v) is 5.71. The normalized spacial score (nSPS) is 17.3. The van der Waals surface area contributed by atoms with Crippen LogP contribution >= 0.6 is 0 Å². The average Bonchev–Trinajstić information content (AvgIpc) is 3.12. The summed E-state index contributed by atoms with van der Waals surface area (Å²) in [6.07, 6.45) is 12.4. The van der Waals surface area contributed by atoms with Crippen molar-refractivity contribution in [3.05, 3.63) is 0 Å². The first kappa shape index (κ1) is 15.0. The Morgan fingerprint density at radius 2 is 1.88 bits per heavy atom. The lowest BCUT2D eigenvalue weighted by Crippen LogP contribution is -2.18. The van der Waals surface area contributed by atoms with Crippen LogP contribution in [0.4, 0.5) is 0 Å². The Hall–Kier alpha value is -0.0800. The summed E-state index contributed by atoms with van der Waals surface area (Å²) in [5.41, 5.74) is 5.65. The Labute approximate surface area is 108 Å². The van der Waals surface area contributed by atoms with Crippen molar-refractivity contribution in [3.8, 4) is 0 Å². The molecule has 0 heterocycles. The van der Waals surface area contributed by atoms with Gasteiger partial charge in [0.05, 0.1) is 0 Å². The third-order valence-corrected chi connectivity index (χ3v) is 3.90. The van der Waals surface area contributed by atoms with Crippen molar-refractivity contribution >= 4 is 0 Å². The molecule has 1 rings (SSSR count). The van der Waals surface area contributed by atoms with Crippen molar-refractivity contribution in [1.82, 2.24) is 5.32 Å². The summed E-state index contributed by atoms with van der Waals surface area (Å²) in [6, 6.07) is 0. The van der Waals surface area contributed by atoms with Crippen LogP contribution in [-0.4, -0.2) is 19.6 Å². The second kappa shape index (κ2) is 9.90. The van der Waals surface area contributed by atoms with Crippen LogP contribution in [0, 0.1) is 11.8 Å². The zero-order valence-corrected chi connectivity index (χ0v) is 11.7. The zero-order valence-electron chi connectivity index (χ0n) is 11.7. The maximum atomic E-state index is 5.65. The topological polar surface area (TPSA) is 38.0 Å². The molecule has 0 radical (unpaired) electrons. The lowest BCUT2D eigenvalue weighted by Gasteiger charge is -2.14. The Morgan fingerprint density at radius 3 is 2.53 bits per heavy atom. The van der Waals surface area contributed by atoms with Crippen LogP contribution in [0.5, 0.6) is 0 Å². The zero-order chi connectivity index (χ0) is 12.3. The molecule has 1 unspecified atom stereocenters. The Balaban J connectivity index is 1.82. The van der Waals surface area contributed by atoms with Crippen LogP contribution in [0.1, 0.15) is 64.7 Å². The summed E-state index contributed by atoms with van der Waals surface area (Å²) in [4.78, 5) is 0. The quantitative estimate of drug-likeness (QED) is 0.514. The molecule has 0 spiro atoms. The van der Waals surface area contributed by atoms with E-state index in [9.17, 15) is 0 Å². The highest BCUT2D eigenvalue weighted by molar-refractivity contribution is 4.72. The Morgan fingerprint density at radius 1 is 1.12 bits per heavy atom. The predicted molar refractivity (Wildman–Crippen MR) is 76.1 cm³/mol. The number of nitrogens with two attached hydrogens (primary N) is 1. The molecular weight excluding hydrogens is 208 g/mol. The smallest absolute Gasteiger partial charge is 0.00488 e. The molecule has 102 valence electrons. The van der Waals surface area contributed by atoms with E-state index in [2.05, 4.69) is 12.2 Å². The van der Waals surface area contributed by atoms with Gasteiger partial charge in [0.15, 0.2) is 0 Å². The molecule has 1 saturated carbocycles. The van der Waals surface area contributed by atoms with E-state index >= 15 is 0 Å². The van der Waals surface area contributed by atoms with Crippen molar-refractivity contribution in [2.45, 2.75) is 64.7 Å². The van der Waals surface area contributed by atoms with Gasteiger partial charge < -0.3 is 11.1 Å². The summed E-state index contributed by atoms with van der Waals surface area (Å²) in [6.45, 7) is 5.57. The minimum Gasteiger partial charge on any atom is -0.330 e. The molecule has 1 aliphatic rings. The highest BCUT2D eigenvalue weighted by Crippen LogP contribution is 2.33. The van der Waals surface area contributed by atoms with Gasteiger partial charge in [-0.25, -0.2) is 0 Å². The van der Waals surface area contributed by atoms with Gasteiger partial charge in [0.2, 0.25) is 0 Å². The molecule has 0 amide bonds. The summed E-state index contributed by atoms with van der Waals surface area (Å²) in [5.74, 6) is 1.97. The maximum absolute atomic E-state index is 5.65. The molecule has 2 heteroatoms. The highest BCUT2D eigenvalue weighted by atomic mass is 14.8. The molecule has 17 heavy (non-hydrogen) atoms. The molecule has 0 aromatic rings. The fraction of sp³-hybridized carbons (Fsp3) is 1.00.